The first-order valence-electron chi connectivity index (χ1n) is 9.47. The number of carbonyl (C=O) groups is 2. The molecule has 1 heterocycles. The van der Waals surface area contributed by atoms with Crippen LogP contribution in [0.4, 0.5) is 13.2 Å². The van der Waals surface area contributed by atoms with Gasteiger partial charge in [0.15, 0.2) is 0 Å². The lowest BCUT2D eigenvalue weighted by Crippen LogP contribution is -2.58. The number of primary amides is 1. The number of benzene rings is 1. The molecule has 4 nitrogen and oxygen atoms in total. The second-order valence-corrected chi connectivity index (χ2v) is 8.89. The normalized spacial score (nSPS) is 38.1. The Morgan fingerprint density at radius 3 is 2.26 bits per heavy atom. The zero-order valence-electron chi connectivity index (χ0n) is 14.8. The molecule has 1 saturated heterocycles. The van der Waals surface area contributed by atoms with Crippen molar-refractivity contribution in [1.82, 2.24) is 4.90 Å². The van der Waals surface area contributed by atoms with Crippen molar-refractivity contribution in [2.75, 3.05) is 13.1 Å². The third-order valence-corrected chi connectivity index (χ3v) is 7.45. The van der Waals surface area contributed by atoms with Crippen molar-refractivity contribution in [1.29, 1.82) is 0 Å². The Balaban J connectivity index is 1.49. The first kappa shape index (κ1) is 17.1. The van der Waals surface area contributed by atoms with Crippen LogP contribution in [0.5, 0.6) is 0 Å². The van der Waals surface area contributed by atoms with Gasteiger partial charge in [0.2, 0.25) is 5.91 Å². The van der Waals surface area contributed by atoms with Crippen LogP contribution in [0.1, 0.15) is 47.5 Å². The summed E-state index contributed by atoms with van der Waals surface area (Å²) in [5, 5.41) is 0. The predicted octanol–water partition coefficient (Wildman–Crippen LogP) is 2.92. The van der Waals surface area contributed by atoms with Crippen LogP contribution < -0.4 is 5.73 Å². The number of hydrogen-bond donors (Lipinski definition) is 1. The Hall–Kier alpha value is -2.05. The monoisotopic (exact) mass is 378 g/mol. The van der Waals surface area contributed by atoms with Crippen molar-refractivity contribution in [3.05, 3.63) is 35.1 Å². The molecule has 7 heteroatoms. The van der Waals surface area contributed by atoms with Gasteiger partial charge in [-0.25, -0.2) is 13.2 Å². The fraction of sp³-hybridized carbons (Fsp3) is 0.600. The van der Waals surface area contributed by atoms with Gasteiger partial charge in [0.25, 0.3) is 11.8 Å². The number of likely N-dealkylation sites (tertiary alicyclic amines) is 1. The van der Waals surface area contributed by atoms with Gasteiger partial charge in [0.05, 0.1) is 18.5 Å². The van der Waals surface area contributed by atoms with Gasteiger partial charge in [-0.1, -0.05) is 6.07 Å². The zero-order valence-corrected chi connectivity index (χ0v) is 14.8. The van der Waals surface area contributed by atoms with Gasteiger partial charge in [-0.15, -0.1) is 0 Å². The van der Waals surface area contributed by atoms with Crippen LogP contribution in [0.3, 0.4) is 0 Å². The van der Waals surface area contributed by atoms with Gasteiger partial charge in [-0.2, -0.15) is 0 Å². The average molecular weight is 378 g/mol. The minimum Gasteiger partial charge on any atom is -0.369 e. The molecule has 1 aromatic rings. The summed E-state index contributed by atoms with van der Waals surface area (Å²) in [6.45, 7) is -1.24. The number of nitrogens with two attached hydrogens (primary N) is 1. The number of nitrogens with zero attached hydrogens (tertiary/aromatic N) is 1. The van der Waals surface area contributed by atoms with Crippen LogP contribution in [0, 0.1) is 29.0 Å². The maximum Gasteiger partial charge on any atom is 0.282 e. The van der Waals surface area contributed by atoms with Gasteiger partial charge in [-0.3, -0.25) is 9.59 Å². The highest BCUT2D eigenvalue weighted by atomic mass is 19.3. The summed E-state index contributed by atoms with van der Waals surface area (Å²) in [6, 6.07) is 4.14. The van der Waals surface area contributed by atoms with E-state index in [2.05, 4.69) is 0 Å². The molecule has 0 spiro atoms. The molecule has 144 valence electrons. The van der Waals surface area contributed by atoms with Gasteiger partial charge in [-0.05, 0) is 67.1 Å². The maximum absolute atomic E-state index is 13.9. The van der Waals surface area contributed by atoms with E-state index >= 15 is 0 Å². The largest absolute Gasteiger partial charge is 0.369 e. The summed E-state index contributed by atoms with van der Waals surface area (Å²) in [4.78, 5) is 25.9. The molecule has 0 aromatic heterocycles. The van der Waals surface area contributed by atoms with E-state index in [1.807, 2.05) is 0 Å². The van der Waals surface area contributed by atoms with Crippen LogP contribution in [0.2, 0.25) is 0 Å². The van der Waals surface area contributed by atoms with Crippen molar-refractivity contribution in [2.24, 2.45) is 28.9 Å². The standard InChI is InChI=1S/C20H21F3N2O2/c21-13-1-2-14(15(5-13)17(26)25-8-20(22,23)9-25)16-10-3-12-4-11(16)7-19(12,6-10)18(24)27/h1-2,5,10-12,16H,3-4,6-9H2,(H2,24,27). The highest BCUT2D eigenvalue weighted by Crippen LogP contribution is 2.69. The SMILES string of the molecule is NC(=O)C12CC3CC1CC(C2)C3c1ccc(F)cc1C(=O)N1CC(F)(F)C1. The van der Waals surface area contributed by atoms with E-state index in [1.165, 1.54) is 12.1 Å². The second-order valence-electron chi connectivity index (χ2n) is 8.89. The number of hydrogen-bond acceptors (Lipinski definition) is 2. The van der Waals surface area contributed by atoms with Crippen molar-refractivity contribution in [3.8, 4) is 0 Å². The fourth-order valence-corrected chi connectivity index (χ4v) is 6.47. The molecule has 4 bridgehead atoms. The van der Waals surface area contributed by atoms with Crippen molar-refractivity contribution in [2.45, 2.75) is 37.5 Å². The van der Waals surface area contributed by atoms with E-state index in [0.29, 0.717) is 18.8 Å². The molecule has 0 radical (unpaired) electrons. The highest BCUT2D eigenvalue weighted by molar-refractivity contribution is 5.96. The van der Waals surface area contributed by atoms with E-state index in [0.717, 1.165) is 23.3 Å². The van der Waals surface area contributed by atoms with Crippen molar-refractivity contribution < 1.29 is 22.8 Å². The van der Waals surface area contributed by atoms with Crippen LogP contribution in [-0.4, -0.2) is 35.7 Å². The molecule has 2 N–H and O–H groups in total. The number of amides is 2. The fourth-order valence-electron chi connectivity index (χ4n) is 6.47. The molecule has 2 atom stereocenters. The van der Waals surface area contributed by atoms with Crippen LogP contribution in [0.25, 0.3) is 0 Å². The minimum absolute atomic E-state index is 0.0533. The quantitative estimate of drug-likeness (QED) is 0.879. The van der Waals surface area contributed by atoms with Crippen molar-refractivity contribution in [3.63, 3.8) is 0 Å². The molecule has 2 unspecified atom stereocenters. The summed E-state index contributed by atoms with van der Waals surface area (Å²) < 4.78 is 40.3. The van der Waals surface area contributed by atoms with E-state index in [4.69, 9.17) is 5.73 Å². The van der Waals surface area contributed by atoms with E-state index in [1.54, 1.807) is 6.07 Å². The molecule has 5 aliphatic rings. The Bertz CT molecular complexity index is 832. The Kier molecular flexibility index (Phi) is 3.33. The molecule has 1 aliphatic heterocycles. The molecule has 5 fully saturated rings. The Morgan fingerprint density at radius 1 is 1.11 bits per heavy atom. The van der Waals surface area contributed by atoms with Gasteiger partial charge >= 0.3 is 0 Å². The van der Waals surface area contributed by atoms with E-state index in [-0.39, 0.29) is 29.2 Å². The lowest BCUT2D eigenvalue weighted by Gasteiger charge is -2.41. The van der Waals surface area contributed by atoms with Gasteiger partial charge in [0, 0.05) is 5.56 Å². The molecule has 1 aromatic carbocycles. The summed E-state index contributed by atoms with van der Waals surface area (Å²) in [5.74, 6) is -3.36. The first-order valence-corrected chi connectivity index (χ1v) is 9.47. The third kappa shape index (κ3) is 2.29. The second kappa shape index (κ2) is 5.26. The number of rotatable bonds is 3. The lowest BCUT2D eigenvalue weighted by molar-refractivity contribution is -0.129. The first-order chi connectivity index (χ1) is 12.7. The summed E-state index contributed by atoms with van der Waals surface area (Å²) in [6.07, 6.45) is 3.19. The molecular weight excluding hydrogens is 357 g/mol. The minimum atomic E-state index is -2.86. The van der Waals surface area contributed by atoms with Crippen LogP contribution in [0.15, 0.2) is 18.2 Å². The van der Waals surface area contributed by atoms with E-state index in [9.17, 15) is 22.8 Å². The Morgan fingerprint density at radius 2 is 1.74 bits per heavy atom. The zero-order chi connectivity index (χ0) is 19.1. The predicted molar refractivity (Wildman–Crippen MR) is 90.6 cm³/mol. The molecule has 6 rings (SSSR count). The smallest absolute Gasteiger partial charge is 0.282 e. The van der Waals surface area contributed by atoms with Crippen LogP contribution in [-0.2, 0) is 4.79 Å². The summed E-state index contributed by atoms with van der Waals surface area (Å²) >= 11 is 0. The Labute approximate surface area is 154 Å². The molecule has 4 aliphatic carbocycles. The summed E-state index contributed by atoms with van der Waals surface area (Å²) in [7, 11) is 0. The van der Waals surface area contributed by atoms with Gasteiger partial charge < -0.3 is 10.6 Å². The van der Waals surface area contributed by atoms with E-state index < -0.39 is 36.2 Å². The average Bonchev–Trinajstić information content (AvgIpc) is 3.02. The maximum atomic E-state index is 13.9. The number of alkyl halides is 2. The van der Waals surface area contributed by atoms with Gasteiger partial charge in [0.1, 0.15) is 5.82 Å². The molecular formula is C20H21F3N2O2. The molecule has 2 amide bonds. The van der Waals surface area contributed by atoms with Crippen LogP contribution >= 0.6 is 0 Å². The van der Waals surface area contributed by atoms with Crippen molar-refractivity contribution >= 4 is 11.8 Å². The lowest BCUT2D eigenvalue weighted by atomic mass is 9.65. The summed E-state index contributed by atoms with van der Waals surface area (Å²) in [5.41, 5.74) is 6.22. The topological polar surface area (TPSA) is 63.4 Å². The molecule has 27 heavy (non-hydrogen) atoms. The number of halogens is 3. The molecule has 4 saturated carbocycles. The third-order valence-electron chi connectivity index (χ3n) is 7.45. The highest BCUT2D eigenvalue weighted by Gasteiger charge is 2.64. The number of carbonyl (C=O) groups excluding carboxylic acids is 2.